The quantitative estimate of drug-likeness (QED) is 0.869. The Morgan fingerprint density at radius 3 is 2.67 bits per heavy atom. The highest BCUT2D eigenvalue weighted by molar-refractivity contribution is 5.92. The number of esters is 1. The SMILES string of the molecule is CCOC(=O)c1c(CC)nc2c(c1C)C(O)CC(C)(C)C2. The first kappa shape index (κ1) is 16.0. The first-order valence-electron chi connectivity index (χ1n) is 7.68. The summed E-state index contributed by atoms with van der Waals surface area (Å²) in [5.41, 5.74) is 3.93. The van der Waals surface area contributed by atoms with Crippen LogP contribution in [0.4, 0.5) is 0 Å². The Labute approximate surface area is 126 Å². The maximum Gasteiger partial charge on any atom is 0.340 e. The second-order valence-electron chi connectivity index (χ2n) is 6.55. The molecule has 2 rings (SSSR count). The van der Waals surface area contributed by atoms with Gasteiger partial charge in [0.1, 0.15) is 0 Å². The third kappa shape index (κ3) is 2.95. The smallest absolute Gasteiger partial charge is 0.340 e. The van der Waals surface area contributed by atoms with Gasteiger partial charge in [0.25, 0.3) is 0 Å². The number of aryl methyl sites for hydroxylation is 1. The first-order valence-corrected chi connectivity index (χ1v) is 7.68. The van der Waals surface area contributed by atoms with Crippen LogP contribution in [0.15, 0.2) is 0 Å². The molecule has 0 spiro atoms. The van der Waals surface area contributed by atoms with Gasteiger partial charge >= 0.3 is 5.97 Å². The van der Waals surface area contributed by atoms with E-state index in [1.807, 2.05) is 13.8 Å². The third-order valence-corrected chi connectivity index (χ3v) is 4.19. The number of hydrogen-bond donors (Lipinski definition) is 1. The Balaban J connectivity index is 2.61. The van der Waals surface area contributed by atoms with Crippen LogP contribution in [0, 0.1) is 12.3 Å². The molecule has 0 aromatic carbocycles. The number of aromatic nitrogens is 1. The number of aliphatic hydroxyl groups excluding tert-OH is 1. The fraction of sp³-hybridized carbons (Fsp3) is 0.647. The standard InChI is InChI=1S/C17H25NO3/c1-6-11-15(16(20)21-7-2)10(3)14-12(18-11)8-17(4,5)9-13(14)19/h13,19H,6-9H2,1-5H3. The minimum atomic E-state index is -0.560. The Morgan fingerprint density at radius 2 is 2.10 bits per heavy atom. The van der Waals surface area contributed by atoms with Gasteiger partial charge in [0.15, 0.2) is 0 Å². The van der Waals surface area contributed by atoms with Crippen molar-refractivity contribution in [2.24, 2.45) is 5.41 Å². The number of ether oxygens (including phenoxy) is 1. The number of aliphatic hydroxyl groups is 1. The van der Waals surface area contributed by atoms with Gasteiger partial charge in [-0.2, -0.15) is 0 Å². The van der Waals surface area contributed by atoms with Crippen LogP contribution in [0.5, 0.6) is 0 Å². The van der Waals surface area contributed by atoms with Crippen LogP contribution >= 0.6 is 0 Å². The lowest BCUT2D eigenvalue weighted by molar-refractivity contribution is 0.0522. The van der Waals surface area contributed by atoms with Crippen molar-refractivity contribution in [1.29, 1.82) is 0 Å². The molecule has 4 heteroatoms. The molecular weight excluding hydrogens is 266 g/mol. The Kier molecular flexibility index (Phi) is 4.38. The van der Waals surface area contributed by atoms with Crippen molar-refractivity contribution >= 4 is 5.97 Å². The second-order valence-corrected chi connectivity index (χ2v) is 6.55. The van der Waals surface area contributed by atoms with Gasteiger partial charge in [-0.25, -0.2) is 4.79 Å². The molecular formula is C17H25NO3. The van der Waals surface area contributed by atoms with E-state index >= 15 is 0 Å². The van der Waals surface area contributed by atoms with Gasteiger partial charge in [-0.1, -0.05) is 20.8 Å². The molecule has 4 nitrogen and oxygen atoms in total. The predicted octanol–water partition coefficient (Wildman–Crippen LogP) is 3.13. The van der Waals surface area contributed by atoms with Crippen LogP contribution in [0.3, 0.4) is 0 Å². The molecule has 0 radical (unpaired) electrons. The zero-order chi connectivity index (χ0) is 15.8. The number of carbonyl (C=O) groups is 1. The molecule has 0 saturated heterocycles. The van der Waals surface area contributed by atoms with Crippen LogP contribution in [0.2, 0.25) is 0 Å². The normalized spacial score (nSPS) is 20.0. The van der Waals surface area contributed by atoms with E-state index in [9.17, 15) is 9.90 Å². The van der Waals surface area contributed by atoms with E-state index in [-0.39, 0.29) is 11.4 Å². The van der Waals surface area contributed by atoms with E-state index in [4.69, 9.17) is 4.74 Å². The lowest BCUT2D eigenvalue weighted by atomic mass is 9.73. The van der Waals surface area contributed by atoms with Crippen molar-refractivity contribution in [2.75, 3.05) is 6.61 Å². The third-order valence-electron chi connectivity index (χ3n) is 4.19. The summed E-state index contributed by atoms with van der Waals surface area (Å²) in [7, 11) is 0. The fourth-order valence-electron chi connectivity index (χ4n) is 3.30. The highest BCUT2D eigenvalue weighted by Crippen LogP contribution is 2.42. The van der Waals surface area contributed by atoms with Crippen LogP contribution in [0.1, 0.15) is 73.1 Å². The predicted molar refractivity (Wildman–Crippen MR) is 81.4 cm³/mol. The van der Waals surface area contributed by atoms with Crippen molar-refractivity contribution in [2.45, 2.75) is 60.0 Å². The Bertz CT molecular complexity index is 564. The molecule has 1 heterocycles. The molecule has 1 N–H and O–H groups in total. The van der Waals surface area contributed by atoms with Crippen molar-refractivity contribution in [3.05, 3.63) is 28.1 Å². The second kappa shape index (κ2) is 5.76. The number of nitrogens with zero attached hydrogens (tertiary/aromatic N) is 1. The van der Waals surface area contributed by atoms with Gasteiger partial charge < -0.3 is 9.84 Å². The summed E-state index contributed by atoms with van der Waals surface area (Å²) in [6.07, 6.45) is 1.64. The maximum atomic E-state index is 12.2. The van der Waals surface area contributed by atoms with Gasteiger partial charge in [0, 0.05) is 11.3 Å². The summed E-state index contributed by atoms with van der Waals surface area (Å²) >= 11 is 0. The molecule has 0 saturated carbocycles. The maximum absolute atomic E-state index is 12.2. The van der Waals surface area contributed by atoms with E-state index in [1.165, 1.54) is 0 Å². The number of fused-ring (bicyclic) bond motifs is 1. The van der Waals surface area contributed by atoms with E-state index in [2.05, 4.69) is 18.8 Å². The van der Waals surface area contributed by atoms with Crippen LogP contribution in [-0.4, -0.2) is 22.7 Å². The summed E-state index contributed by atoms with van der Waals surface area (Å²) in [5, 5.41) is 10.5. The van der Waals surface area contributed by atoms with E-state index in [0.29, 0.717) is 25.0 Å². The van der Waals surface area contributed by atoms with Gasteiger partial charge in [-0.15, -0.1) is 0 Å². The summed E-state index contributed by atoms with van der Waals surface area (Å²) in [6, 6.07) is 0. The highest BCUT2D eigenvalue weighted by atomic mass is 16.5. The van der Waals surface area contributed by atoms with Crippen LogP contribution < -0.4 is 0 Å². The molecule has 1 aliphatic rings. The molecule has 1 atom stereocenters. The average molecular weight is 291 g/mol. The van der Waals surface area contributed by atoms with Crippen molar-refractivity contribution in [3.63, 3.8) is 0 Å². The van der Waals surface area contributed by atoms with Crippen LogP contribution in [0.25, 0.3) is 0 Å². The molecule has 1 aromatic rings. The van der Waals surface area contributed by atoms with Gasteiger partial charge in [0.05, 0.1) is 24.0 Å². The lowest BCUT2D eigenvalue weighted by Crippen LogP contribution is -2.29. The average Bonchev–Trinajstić information content (AvgIpc) is 2.35. The molecule has 21 heavy (non-hydrogen) atoms. The molecule has 116 valence electrons. The highest BCUT2D eigenvalue weighted by Gasteiger charge is 2.35. The van der Waals surface area contributed by atoms with E-state index < -0.39 is 6.10 Å². The molecule has 0 aliphatic heterocycles. The van der Waals surface area contributed by atoms with Gasteiger partial charge in [-0.05, 0) is 44.1 Å². The summed E-state index contributed by atoms with van der Waals surface area (Å²) in [4.78, 5) is 16.9. The van der Waals surface area contributed by atoms with E-state index in [1.54, 1.807) is 6.92 Å². The summed E-state index contributed by atoms with van der Waals surface area (Å²) in [5.74, 6) is -0.334. The zero-order valence-electron chi connectivity index (χ0n) is 13.6. The number of carbonyl (C=O) groups excluding carboxylic acids is 1. The first-order chi connectivity index (χ1) is 9.80. The minimum absolute atomic E-state index is 0.0301. The molecule has 0 amide bonds. The number of hydrogen-bond acceptors (Lipinski definition) is 4. The number of pyridine rings is 1. The van der Waals surface area contributed by atoms with Crippen molar-refractivity contribution in [3.8, 4) is 0 Å². The molecule has 1 aromatic heterocycles. The van der Waals surface area contributed by atoms with Gasteiger partial charge in [-0.3, -0.25) is 4.98 Å². The van der Waals surface area contributed by atoms with Crippen molar-refractivity contribution < 1.29 is 14.6 Å². The topological polar surface area (TPSA) is 59.4 Å². The lowest BCUT2D eigenvalue weighted by Gasteiger charge is -2.35. The molecule has 0 bridgehead atoms. The number of rotatable bonds is 3. The molecule has 1 unspecified atom stereocenters. The van der Waals surface area contributed by atoms with Crippen molar-refractivity contribution in [1.82, 2.24) is 4.98 Å². The largest absolute Gasteiger partial charge is 0.462 e. The van der Waals surface area contributed by atoms with Gasteiger partial charge in [0.2, 0.25) is 0 Å². The molecule has 0 fully saturated rings. The van der Waals surface area contributed by atoms with E-state index in [0.717, 1.165) is 28.9 Å². The summed E-state index contributed by atoms with van der Waals surface area (Å²) < 4.78 is 5.16. The Morgan fingerprint density at radius 1 is 1.43 bits per heavy atom. The fourth-order valence-corrected chi connectivity index (χ4v) is 3.30. The zero-order valence-corrected chi connectivity index (χ0v) is 13.6. The van der Waals surface area contributed by atoms with Crippen LogP contribution in [-0.2, 0) is 17.6 Å². The Hall–Kier alpha value is -1.42. The monoisotopic (exact) mass is 291 g/mol. The summed E-state index contributed by atoms with van der Waals surface area (Å²) in [6.45, 7) is 10.3. The minimum Gasteiger partial charge on any atom is -0.462 e. The molecule has 1 aliphatic carbocycles.